The van der Waals surface area contributed by atoms with Gasteiger partial charge in [0.05, 0.1) is 5.69 Å². The zero-order valence-electron chi connectivity index (χ0n) is 9.74. The maximum absolute atomic E-state index is 5.48. The molecule has 0 amide bonds. The molecule has 0 radical (unpaired) electrons. The highest BCUT2D eigenvalue weighted by atomic mass is 127. The maximum atomic E-state index is 5.48. The third-order valence-corrected chi connectivity index (χ3v) is 3.03. The van der Waals surface area contributed by atoms with Crippen molar-refractivity contribution in [2.45, 2.75) is 19.9 Å². The van der Waals surface area contributed by atoms with E-state index in [-0.39, 0.29) is 0 Å². The molecule has 1 N–H and O–H groups in total. The van der Waals surface area contributed by atoms with Crippen molar-refractivity contribution >= 4 is 22.6 Å². The lowest BCUT2D eigenvalue weighted by molar-refractivity contribution is 0.570. The van der Waals surface area contributed by atoms with Crippen LogP contribution in [0.3, 0.4) is 0 Å². The van der Waals surface area contributed by atoms with E-state index in [2.05, 4.69) is 51.9 Å². The standard InChI is InChI=1S/C13H15IN2O/c1-2-6-15-8-12-9-17-13(16-12)10-4-3-5-11(14)7-10/h3-5,7,9,15H,2,6,8H2,1H3. The van der Waals surface area contributed by atoms with Crippen molar-refractivity contribution in [3.63, 3.8) is 0 Å². The van der Waals surface area contributed by atoms with Gasteiger partial charge < -0.3 is 9.73 Å². The van der Waals surface area contributed by atoms with Gasteiger partial charge in [0.1, 0.15) is 6.26 Å². The fraction of sp³-hybridized carbons (Fsp3) is 0.308. The van der Waals surface area contributed by atoms with Crippen molar-refractivity contribution in [3.05, 3.63) is 39.8 Å². The van der Waals surface area contributed by atoms with Gasteiger partial charge in [-0.1, -0.05) is 13.0 Å². The molecule has 17 heavy (non-hydrogen) atoms. The molecule has 1 aromatic heterocycles. The van der Waals surface area contributed by atoms with Crippen molar-refractivity contribution in [2.24, 2.45) is 0 Å². The number of benzene rings is 1. The fourth-order valence-electron chi connectivity index (χ4n) is 1.54. The Morgan fingerprint density at radius 2 is 2.29 bits per heavy atom. The van der Waals surface area contributed by atoms with Gasteiger partial charge in [0.15, 0.2) is 0 Å². The Kier molecular flexibility index (Phi) is 4.56. The summed E-state index contributed by atoms with van der Waals surface area (Å²) in [6, 6.07) is 8.14. The second kappa shape index (κ2) is 6.16. The highest BCUT2D eigenvalue weighted by Gasteiger charge is 2.06. The van der Waals surface area contributed by atoms with Gasteiger partial charge >= 0.3 is 0 Å². The van der Waals surface area contributed by atoms with Crippen molar-refractivity contribution in [1.29, 1.82) is 0 Å². The lowest BCUT2D eigenvalue weighted by Crippen LogP contribution is -2.13. The van der Waals surface area contributed by atoms with Gasteiger partial charge in [0, 0.05) is 15.7 Å². The zero-order valence-corrected chi connectivity index (χ0v) is 11.9. The molecule has 2 rings (SSSR count). The molecular weight excluding hydrogens is 327 g/mol. The van der Waals surface area contributed by atoms with Crippen LogP contribution in [0, 0.1) is 3.57 Å². The Bertz CT molecular complexity index is 482. The highest BCUT2D eigenvalue weighted by Crippen LogP contribution is 2.20. The third kappa shape index (κ3) is 3.54. The van der Waals surface area contributed by atoms with Crippen LogP contribution in [0.15, 0.2) is 34.9 Å². The molecule has 2 aromatic rings. The second-order valence-electron chi connectivity index (χ2n) is 3.83. The molecule has 0 atom stereocenters. The van der Waals surface area contributed by atoms with Gasteiger partial charge in [-0.05, 0) is 53.8 Å². The molecule has 0 spiro atoms. The third-order valence-electron chi connectivity index (χ3n) is 2.36. The number of hydrogen-bond acceptors (Lipinski definition) is 3. The topological polar surface area (TPSA) is 38.1 Å². The summed E-state index contributed by atoms with van der Waals surface area (Å²) < 4.78 is 6.67. The van der Waals surface area contributed by atoms with E-state index in [1.165, 1.54) is 3.57 Å². The zero-order chi connectivity index (χ0) is 12.1. The molecule has 1 heterocycles. The fourth-order valence-corrected chi connectivity index (χ4v) is 2.08. The Hall–Kier alpha value is -0.880. The van der Waals surface area contributed by atoms with E-state index in [0.717, 1.165) is 30.8 Å². The maximum Gasteiger partial charge on any atom is 0.226 e. The summed E-state index contributed by atoms with van der Waals surface area (Å²) in [5.41, 5.74) is 1.98. The largest absolute Gasteiger partial charge is 0.444 e. The molecule has 0 aliphatic heterocycles. The molecule has 0 saturated carbocycles. The Balaban J connectivity index is 2.07. The number of oxazole rings is 1. The van der Waals surface area contributed by atoms with E-state index in [1.807, 2.05) is 12.1 Å². The van der Waals surface area contributed by atoms with Crippen LogP contribution in [0.1, 0.15) is 19.0 Å². The van der Waals surface area contributed by atoms with E-state index in [9.17, 15) is 0 Å². The lowest BCUT2D eigenvalue weighted by atomic mass is 10.2. The van der Waals surface area contributed by atoms with Crippen LogP contribution >= 0.6 is 22.6 Å². The first-order chi connectivity index (χ1) is 8.29. The quantitative estimate of drug-likeness (QED) is 0.668. The summed E-state index contributed by atoms with van der Waals surface area (Å²) in [6.07, 6.45) is 2.85. The van der Waals surface area contributed by atoms with Crippen LogP contribution < -0.4 is 5.32 Å². The van der Waals surface area contributed by atoms with E-state index >= 15 is 0 Å². The number of nitrogens with one attached hydrogen (secondary N) is 1. The monoisotopic (exact) mass is 342 g/mol. The first kappa shape index (κ1) is 12.6. The SMILES string of the molecule is CCCNCc1coc(-c2cccc(I)c2)n1. The van der Waals surface area contributed by atoms with Gasteiger partial charge in [0.2, 0.25) is 5.89 Å². The Morgan fingerprint density at radius 3 is 3.06 bits per heavy atom. The minimum absolute atomic E-state index is 0.691. The molecular formula is C13H15IN2O. The predicted molar refractivity (Wildman–Crippen MR) is 76.7 cm³/mol. The molecule has 0 unspecified atom stereocenters. The van der Waals surface area contributed by atoms with Gasteiger partial charge in [-0.2, -0.15) is 0 Å². The Morgan fingerprint density at radius 1 is 1.41 bits per heavy atom. The average molecular weight is 342 g/mol. The van der Waals surface area contributed by atoms with Crippen LogP contribution in [0.5, 0.6) is 0 Å². The number of aromatic nitrogens is 1. The van der Waals surface area contributed by atoms with E-state index in [1.54, 1.807) is 6.26 Å². The number of nitrogens with zero attached hydrogens (tertiary/aromatic N) is 1. The minimum atomic E-state index is 0.691. The van der Waals surface area contributed by atoms with Gasteiger partial charge in [-0.15, -0.1) is 0 Å². The van der Waals surface area contributed by atoms with Crippen molar-refractivity contribution in [1.82, 2.24) is 10.3 Å². The molecule has 1 aromatic carbocycles. The van der Waals surface area contributed by atoms with Gasteiger partial charge in [-0.25, -0.2) is 4.98 Å². The molecule has 0 aliphatic carbocycles. The van der Waals surface area contributed by atoms with Crippen molar-refractivity contribution in [3.8, 4) is 11.5 Å². The normalized spacial score (nSPS) is 10.7. The molecule has 3 nitrogen and oxygen atoms in total. The molecule has 4 heteroatoms. The number of halogens is 1. The molecule has 0 bridgehead atoms. The summed E-state index contributed by atoms with van der Waals surface area (Å²) in [4.78, 5) is 4.46. The van der Waals surface area contributed by atoms with Crippen LogP contribution in [0.25, 0.3) is 11.5 Å². The van der Waals surface area contributed by atoms with Crippen LogP contribution in [0.2, 0.25) is 0 Å². The summed E-state index contributed by atoms with van der Waals surface area (Å²) in [7, 11) is 0. The molecule has 0 saturated heterocycles. The van der Waals surface area contributed by atoms with E-state index in [0.29, 0.717) is 5.89 Å². The number of rotatable bonds is 5. The first-order valence-electron chi connectivity index (χ1n) is 5.70. The molecule has 0 fully saturated rings. The molecule has 90 valence electrons. The van der Waals surface area contributed by atoms with Gasteiger partial charge in [0.25, 0.3) is 0 Å². The van der Waals surface area contributed by atoms with E-state index in [4.69, 9.17) is 4.42 Å². The van der Waals surface area contributed by atoms with Crippen LogP contribution in [0.4, 0.5) is 0 Å². The van der Waals surface area contributed by atoms with Crippen molar-refractivity contribution < 1.29 is 4.42 Å². The predicted octanol–water partition coefficient (Wildman–Crippen LogP) is 3.45. The summed E-state index contributed by atoms with van der Waals surface area (Å²) in [5.74, 6) is 0.691. The summed E-state index contributed by atoms with van der Waals surface area (Å²) in [6.45, 7) is 3.92. The first-order valence-corrected chi connectivity index (χ1v) is 6.78. The van der Waals surface area contributed by atoms with Crippen LogP contribution in [-0.2, 0) is 6.54 Å². The van der Waals surface area contributed by atoms with Crippen LogP contribution in [-0.4, -0.2) is 11.5 Å². The summed E-state index contributed by atoms with van der Waals surface area (Å²) >= 11 is 2.28. The number of hydrogen-bond donors (Lipinski definition) is 1. The summed E-state index contributed by atoms with van der Waals surface area (Å²) in [5, 5.41) is 3.30. The van der Waals surface area contributed by atoms with Gasteiger partial charge in [-0.3, -0.25) is 0 Å². The van der Waals surface area contributed by atoms with E-state index < -0.39 is 0 Å². The minimum Gasteiger partial charge on any atom is -0.444 e. The molecule has 0 aliphatic rings. The lowest BCUT2D eigenvalue weighted by Gasteiger charge is -1.97. The Labute approximate surface area is 115 Å². The average Bonchev–Trinajstić information content (AvgIpc) is 2.78. The second-order valence-corrected chi connectivity index (χ2v) is 5.08. The van der Waals surface area contributed by atoms with Crippen molar-refractivity contribution in [2.75, 3.05) is 6.54 Å². The smallest absolute Gasteiger partial charge is 0.226 e. The highest BCUT2D eigenvalue weighted by molar-refractivity contribution is 14.1.